The Balaban J connectivity index is 1.52. The Hall–Kier alpha value is -2.20. The van der Waals surface area contributed by atoms with Crippen molar-refractivity contribution in [1.29, 1.82) is 0 Å². The number of fused-ring (bicyclic) bond motifs is 1. The molecule has 0 saturated carbocycles. The molecule has 116 valence electrons. The highest BCUT2D eigenvalue weighted by molar-refractivity contribution is 5.44. The molecule has 2 aromatic rings. The summed E-state index contributed by atoms with van der Waals surface area (Å²) in [6.45, 7) is 2.53. The van der Waals surface area contributed by atoms with E-state index in [0.29, 0.717) is 0 Å². The van der Waals surface area contributed by atoms with Gasteiger partial charge in [-0.25, -0.2) is 0 Å². The minimum Gasteiger partial charge on any atom is -0.493 e. The van der Waals surface area contributed by atoms with Crippen LogP contribution >= 0.6 is 0 Å². The largest absolute Gasteiger partial charge is 0.493 e. The standard InChI is InChI=1S/C18H21NO3/c1-20-17-7-6-13(10-18(17)21-2)8-9-19-11-14-4-3-5-16-15(14)12-22-16/h3-7,10,19H,8-9,11-12H2,1-2H3. The first-order valence-corrected chi connectivity index (χ1v) is 7.47. The first-order chi connectivity index (χ1) is 10.8. The first kappa shape index (κ1) is 14.7. The molecule has 0 bridgehead atoms. The van der Waals surface area contributed by atoms with Crippen LogP contribution in [0.2, 0.25) is 0 Å². The van der Waals surface area contributed by atoms with Gasteiger partial charge < -0.3 is 19.5 Å². The Labute approximate surface area is 131 Å². The molecular formula is C18H21NO3. The molecule has 1 N–H and O–H groups in total. The second kappa shape index (κ2) is 6.71. The smallest absolute Gasteiger partial charge is 0.160 e. The average molecular weight is 299 g/mol. The Kier molecular flexibility index (Phi) is 4.49. The highest BCUT2D eigenvalue weighted by Crippen LogP contribution is 2.31. The minimum atomic E-state index is 0.739. The molecule has 1 aliphatic rings. The second-order valence-corrected chi connectivity index (χ2v) is 5.30. The molecule has 0 unspecified atom stereocenters. The molecule has 0 aliphatic carbocycles. The monoisotopic (exact) mass is 299 g/mol. The van der Waals surface area contributed by atoms with E-state index in [0.717, 1.165) is 43.4 Å². The zero-order valence-corrected chi connectivity index (χ0v) is 13.0. The Morgan fingerprint density at radius 2 is 1.95 bits per heavy atom. The molecule has 0 spiro atoms. The average Bonchev–Trinajstić information content (AvgIpc) is 2.52. The molecule has 4 heteroatoms. The summed E-state index contributed by atoms with van der Waals surface area (Å²) in [5, 5.41) is 3.49. The fourth-order valence-corrected chi connectivity index (χ4v) is 2.64. The van der Waals surface area contributed by atoms with Gasteiger partial charge in [0.15, 0.2) is 11.5 Å². The molecule has 1 aliphatic heterocycles. The molecule has 2 aromatic carbocycles. The molecule has 4 nitrogen and oxygen atoms in total. The number of rotatable bonds is 7. The molecule has 0 saturated heterocycles. The maximum atomic E-state index is 5.39. The molecule has 0 fully saturated rings. The van der Waals surface area contributed by atoms with Gasteiger partial charge in [-0.1, -0.05) is 18.2 Å². The van der Waals surface area contributed by atoms with Crippen molar-refractivity contribution in [1.82, 2.24) is 5.32 Å². The summed E-state index contributed by atoms with van der Waals surface area (Å²) in [6, 6.07) is 12.3. The maximum absolute atomic E-state index is 5.39. The van der Waals surface area contributed by atoms with E-state index in [4.69, 9.17) is 14.2 Å². The number of hydrogen-bond donors (Lipinski definition) is 1. The van der Waals surface area contributed by atoms with Crippen molar-refractivity contribution in [3.8, 4) is 17.2 Å². The number of hydrogen-bond acceptors (Lipinski definition) is 4. The van der Waals surface area contributed by atoms with Gasteiger partial charge in [0, 0.05) is 12.1 Å². The van der Waals surface area contributed by atoms with Crippen LogP contribution in [0, 0.1) is 0 Å². The van der Waals surface area contributed by atoms with Gasteiger partial charge in [0.25, 0.3) is 0 Å². The van der Waals surface area contributed by atoms with E-state index in [2.05, 4.69) is 17.4 Å². The molecule has 0 aromatic heterocycles. The quantitative estimate of drug-likeness (QED) is 0.798. The van der Waals surface area contributed by atoms with Crippen LogP contribution in [0.3, 0.4) is 0 Å². The van der Waals surface area contributed by atoms with Crippen LogP contribution in [0.1, 0.15) is 16.7 Å². The third-order valence-electron chi connectivity index (χ3n) is 3.96. The molecular weight excluding hydrogens is 278 g/mol. The summed E-state index contributed by atoms with van der Waals surface area (Å²) in [5.41, 5.74) is 3.90. The zero-order chi connectivity index (χ0) is 15.4. The van der Waals surface area contributed by atoms with E-state index < -0.39 is 0 Å². The predicted molar refractivity (Wildman–Crippen MR) is 85.7 cm³/mol. The first-order valence-electron chi connectivity index (χ1n) is 7.47. The number of methoxy groups -OCH3 is 2. The maximum Gasteiger partial charge on any atom is 0.160 e. The van der Waals surface area contributed by atoms with E-state index in [1.54, 1.807) is 14.2 Å². The lowest BCUT2D eigenvalue weighted by atomic mass is 10.0. The van der Waals surface area contributed by atoms with Crippen molar-refractivity contribution in [2.75, 3.05) is 20.8 Å². The summed E-state index contributed by atoms with van der Waals surface area (Å²) >= 11 is 0. The highest BCUT2D eigenvalue weighted by Gasteiger charge is 2.17. The van der Waals surface area contributed by atoms with Gasteiger partial charge in [0.05, 0.1) is 14.2 Å². The number of benzene rings is 2. The van der Waals surface area contributed by atoms with Crippen molar-refractivity contribution in [2.45, 2.75) is 19.6 Å². The van der Waals surface area contributed by atoms with Gasteiger partial charge in [0.2, 0.25) is 0 Å². The van der Waals surface area contributed by atoms with E-state index >= 15 is 0 Å². The highest BCUT2D eigenvalue weighted by atomic mass is 16.5. The number of nitrogens with one attached hydrogen (secondary N) is 1. The van der Waals surface area contributed by atoms with Gasteiger partial charge in [-0.2, -0.15) is 0 Å². The van der Waals surface area contributed by atoms with Gasteiger partial charge >= 0.3 is 0 Å². The van der Waals surface area contributed by atoms with Crippen LogP contribution in [0.4, 0.5) is 0 Å². The Morgan fingerprint density at radius 3 is 2.68 bits per heavy atom. The van der Waals surface area contributed by atoms with Crippen molar-refractivity contribution in [2.24, 2.45) is 0 Å². The normalized spacial score (nSPS) is 12.1. The molecule has 0 atom stereocenters. The van der Waals surface area contributed by atoms with Crippen molar-refractivity contribution in [3.63, 3.8) is 0 Å². The van der Waals surface area contributed by atoms with E-state index in [1.165, 1.54) is 16.7 Å². The minimum absolute atomic E-state index is 0.739. The SMILES string of the molecule is COc1ccc(CCNCc2cccc3c2CO3)cc1OC. The summed E-state index contributed by atoms with van der Waals surface area (Å²) in [7, 11) is 3.31. The fourth-order valence-electron chi connectivity index (χ4n) is 2.64. The van der Waals surface area contributed by atoms with Crippen molar-refractivity contribution >= 4 is 0 Å². The van der Waals surface area contributed by atoms with E-state index in [-0.39, 0.29) is 0 Å². The topological polar surface area (TPSA) is 39.7 Å². The zero-order valence-electron chi connectivity index (χ0n) is 13.0. The molecule has 22 heavy (non-hydrogen) atoms. The van der Waals surface area contributed by atoms with Crippen LogP contribution < -0.4 is 19.5 Å². The third-order valence-corrected chi connectivity index (χ3v) is 3.96. The van der Waals surface area contributed by atoms with Crippen LogP contribution in [-0.2, 0) is 19.6 Å². The van der Waals surface area contributed by atoms with Gasteiger partial charge in [-0.15, -0.1) is 0 Å². The van der Waals surface area contributed by atoms with Crippen molar-refractivity contribution in [3.05, 3.63) is 53.1 Å². The van der Waals surface area contributed by atoms with Crippen LogP contribution in [0.25, 0.3) is 0 Å². The van der Waals surface area contributed by atoms with Crippen LogP contribution in [-0.4, -0.2) is 20.8 Å². The molecule has 0 radical (unpaired) electrons. The van der Waals surface area contributed by atoms with Gasteiger partial charge in [0.1, 0.15) is 12.4 Å². The molecule has 0 amide bonds. The lowest BCUT2D eigenvalue weighted by Crippen LogP contribution is -2.20. The van der Waals surface area contributed by atoms with Crippen molar-refractivity contribution < 1.29 is 14.2 Å². The van der Waals surface area contributed by atoms with Gasteiger partial charge in [-0.3, -0.25) is 0 Å². The summed E-state index contributed by atoms with van der Waals surface area (Å²) in [5.74, 6) is 2.57. The van der Waals surface area contributed by atoms with Crippen LogP contribution in [0.5, 0.6) is 17.2 Å². The third kappa shape index (κ3) is 3.02. The fraction of sp³-hybridized carbons (Fsp3) is 0.333. The predicted octanol–water partition coefficient (Wildman–Crippen LogP) is 2.93. The summed E-state index contributed by atoms with van der Waals surface area (Å²) in [6.07, 6.45) is 0.950. The lowest BCUT2D eigenvalue weighted by Gasteiger charge is -2.23. The summed E-state index contributed by atoms with van der Waals surface area (Å²) < 4.78 is 16.0. The van der Waals surface area contributed by atoms with E-state index in [9.17, 15) is 0 Å². The van der Waals surface area contributed by atoms with E-state index in [1.807, 2.05) is 24.3 Å². The number of ether oxygens (including phenoxy) is 3. The molecule has 1 heterocycles. The lowest BCUT2D eigenvalue weighted by molar-refractivity contribution is 0.240. The Morgan fingerprint density at radius 1 is 1.09 bits per heavy atom. The van der Waals surface area contributed by atoms with Gasteiger partial charge in [-0.05, 0) is 42.3 Å². The summed E-state index contributed by atoms with van der Waals surface area (Å²) in [4.78, 5) is 0. The van der Waals surface area contributed by atoms with Crippen LogP contribution in [0.15, 0.2) is 36.4 Å². The molecule has 3 rings (SSSR count). The second-order valence-electron chi connectivity index (χ2n) is 5.30. The Bertz CT molecular complexity index is 655.